The number of hydrogen-bond acceptors (Lipinski definition) is 2. The van der Waals surface area contributed by atoms with Gasteiger partial charge in [0.2, 0.25) is 0 Å². The van der Waals surface area contributed by atoms with Crippen LogP contribution >= 0.6 is 15.9 Å². The Morgan fingerprint density at radius 2 is 1.90 bits per heavy atom. The molecule has 0 spiro atoms. The van der Waals surface area contributed by atoms with Crippen LogP contribution in [-0.2, 0) is 25.6 Å². The molecule has 0 aliphatic carbocycles. The fraction of sp³-hybridized carbons (Fsp3) is 0.438. The molecule has 1 heterocycles. The van der Waals surface area contributed by atoms with Gasteiger partial charge in [0.1, 0.15) is 5.82 Å². The van der Waals surface area contributed by atoms with E-state index in [1.54, 1.807) is 12.1 Å². The molecule has 2 rings (SSSR count). The first-order valence-electron chi connectivity index (χ1n) is 6.95. The van der Waals surface area contributed by atoms with Crippen molar-refractivity contribution in [2.24, 2.45) is 7.05 Å². The minimum atomic E-state index is -0.216. The highest BCUT2D eigenvalue weighted by atomic mass is 79.9. The zero-order chi connectivity index (χ0) is 15.6. The number of nitrogens with zero attached hydrogens (tertiary/aromatic N) is 2. The molecule has 0 saturated carbocycles. The van der Waals surface area contributed by atoms with Crippen molar-refractivity contribution >= 4 is 15.9 Å². The van der Waals surface area contributed by atoms with Crippen molar-refractivity contribution in [1.82, 2.24) is 15.1 Å². The molecular weight excluding hydrogens is 333 g/mol. The summed E-state index contributed by atoms with van der Waals surface area (Å²) < 4.78 is 16.0. The molecule has 0 fully saturated rings. The lowest BCUT2D eigenvalue weighted by molar-refractivity contribution is 0.543. The van der Waals surface area contributed by atoms with Crippen LogP contribution in [0, 0.1) is 5.82 Å². The second-order valence-electron chi connectivity index (χ2n) is 6.27. The third-order valence-corrected chi connectivity index (χ3v) is 4.03. The molecule has 0 amide bonds. The van der Waals surface area contributed by atoms with Gasteiger partial charge in [-0.15, -0.1) is 0 Å². The summed E-state index contributed by atoms with van der Waals surface area (Å²) in [5, 5.41) is 7.91. The van der Waals surface area contributed by atoms with Gasteiger partial charge >= 0.3 is 0 Å². The highest BCUT2D eigenvalue weighted by Gasteiger charge is 2.21. The van der Waals surface area contributed by atoms with E-state index in [1.165, 1.54) is 11.6 Å². The number of benzene rings is 1. The molecule has 0 atom stereocenters. The standard InChI is InChI=1S/C16H21BrFN3/c1-16(2,3)15-12(10-21(4)20-15)9-19-8-11-7-13(18)5-6-14(11)17/h5-7,10,19H,8-9H2,1-4H3. The van der Waals surface area contributed by atoms with Gasteiger partial charge in [0.25, 0.3) is 0 Å². The van der Waals surface area contributed by atoms with E-state index in [0.29, 0.717) is 13.1 Å². The fourth-order valence-corrected chi connectivity index (χ4v) is 2.70. The lowest BCUT2D eigenvalue weighted by Gasteiger charge is -2.17. The van der Waals surface area contributed by atoms with Crippen molar-refractivity contribution in [2.45, 2.75) is 39.3 Å². The Balaban J connectivity index is 2.06. The lowest BCUT2D eigenvalue weighted by atomic mass is 9.89. The van der Waals surface area contributed by atoms with Crippen LogP contribution < -0.4 is 5.32 Å². The average Bonchev–Trinajstić information content (AvgIpc) is 2.75. The smallest absolute Gasteiger partial charge is 0.123 e. The van der Waals surface area contributed by atoms with Gasteiger partial charge in [0.15, 0.2) is 0 Å². The van der Waals surface area contributed by atoms with Crippen molar-refractivity contribution in [3.05, 3.63) is 51.5 Å². The molecule has 0 saturated heterocycles. The maximum atomic E-state index is 13.3. The maximum Gasteiger partial charge on any atom is 0.123 e. The average molecular weight is 354 g/mol. The summed E-state index contributed by atoms with van der Waals surface area (Å²) in [6, 6.07) is 4.73. The Morgan fingerprint density at radius 1 is 1.24 bits per heavy atom. The van der Waals surface area contributed by atoms with E-state index in [-0.39, 0.29) is 11.2 Å². The third-order valence-electron chi connectivity index (χ3n) is 3.25. The van der Waals surface area contributed by atoms with Crippen molar-refractivity contribution in [1.29, 1.82) is 0 Å². The predicted octanol–water partition coefficient (Wildman–Crippen LogP) is 3.91. The minimum Gasteiger partial charge on any atom is -0.308 e. The van der Waals surface area contributed by atoms with E-state index in [9.17, 15) is 4.39 Å². The number of halogens is 2. The molecule has 0 bridgehead atoms. The minimum absolute atomic E-state index is 0.0116. The van der Waals surface area contributed by atoms with Crippen molar-refractivity contribution in [3.8, 4) is 0 Å². The molecule has 1 N–H and O–H groups in total. The van der Waals surface area contributed by atoms with E-state index in [0.717, 1.165) is 15.7 Å². The van der Waals surface area contributed by atoms with Crippen LogP contribution in [0.4, 0.5) is 4.39 Å². The summed E-state index contributed by atoms with van der Waals surface area (Å²) in [5.41, 5.74) is 3.20. The van der Waals surface area contributed by atoms with E-state index >= 15 is 0 Å². The molecule has 1 aromatic carbocycles. The molecule has 2 aromatic rings. The molecule has 0 aliphatic heterocycles. The van der Waals surface area contributed by atoms with Crippen LogP contribution in [-0.4, -0.2) is 9.78 Å². The quantitative estimate of drug-likeness (QED) is 0.902. The van der Waals surface area contributed by atoms with E-state index < -0.39 is 0 Å². The fourth-order valence-electron chi connectivity index (χ4n) is 2.31. The van der Waals surface area contributed by atoms with E-state index in [2.05, 4.69) is 47.1 Å². The molecular formula is C16H21BrFN3. The number of aryl methyl sites for hydroxylation is 1. The summed E-state index contributed by atoms with van der Waals surface area (Å²) in [6.07, 6.45) is 2.04. The topological polar surface area (TPSA) is 29.9 Å². The van der Waals surface area contributed by atoms with Crippen LogP contribution in [0.1, 0.15) is 37.6 Å². The van der Waals surface area contributed by atoms with Gasteiger partial charge in [0, 0.05) is 41.8 Å². The van der Waals surface area contributed by atoms with Crippen LogP contribution in [0.15, 0.2) is 28.9 Å². The molecule has 21 heavy (non-hydrogen) atoms. The lowest BCUT2D eigenvalue weighted by Crippen LogP contribution is -2.19. The number of aromatic nitrogens is 2. The second kappa shape index (κ2) is 6.28. The zero-order valence-electron chi connectivity index (χ0n) is 12.9. The van der Waals surface area contributed by atoms with Gasteiger partial charge in [-0.1, -0.05) is 36.7 Å². The van der Waals surface area contributed by atoms with Crippen LogP contribution in [0.25, 0.3) is 0 Å². The van der Waals surface area contributed by atoms with Gasteiger partial charge in [-0.25, -0.2) is 4.39 Å². The third kappa shape index (κ3) is 4.14. The molecule has 0 unspecified atom stereocenters. The molecule has 0 aliphatic rings. The van der Waals surface area contributed by atoms with Gasteiger partial charge in [0.05, 0.1) is 5.69 Å². The summed E-state index contributed by atoms with van der Waals surface area (Å²) >= 11 is 3.44. The first kappa shape index (κ1) is 16.2. The van der Waals surface area contributed by atoms with Gasteiger partial charge < -0.3 is 5.32 Å². The van der Waals surface area contributed by atoms with Gasteiger partial charge in [-0.2, -0.15) is 5.10 Å². The first-order valence-corrected chi connectivity index (χ1v) is 7.74. The summed E-state index contributed by atoms with van der Waals surface area (Å²) in [4.78, 5) is 0. The Hall–Kier alpha value is -1.20. The van der Waals surface area contributed by atoms with Crippen LogP contribution in [0.2, 0.25) is 0 Å². The van der Waals surface area contributed by atoms with Crippen LogP contribution in [0.3, 0.4) is 0 Å². The Bertz CT molecular complexity index is 629. The molecule has 1 aromatic heterocycles. The molecule has 114 valence electrons. The summed E-state index contributed by atoms with van der Waals surface area (Å²) in [6.45, 7) is 7.78. The van der Waals surface area contributed by atoms with Crippen molar-refractivity contribution < 1.29 is 4.39 Å². The normalized spacial score (nSPS) is 11.9. The highest BCUT2D eigenvalue weighted by Crippen LogP contribution is 2.24. The summed E-state index contributed by atoms with van der Waals surface area (Å²) in [5.74, 6) is -0.216. The number of hydrogen-bond donors (Lipinski definition) is 1. The van der Waals surface area contributed by atoms with Crippen LogP contribution in [0.5, 0.6) is 0 Å². The molecule has 5 heteroatoms. The number of rotatable bonds is 4. The summed E-state index contributed by atoms with van der Waals surface area (Å²) in [7, 11) is 1.93. The van der Waals surface area contributed by atoms with Crippen molar-refractivity contribution in [3.63, 3.8) is 0 Å². The van der Waals surface area contributed by atoms with E-state index in [4.69, 9.17) is 0 Å². The molecule has 0 radical (unpaired) electrons. The highest BCUT2D eigenvalue weighted by molar-refractivity contribution is 9.10. The largest absolute Gasteiger partial charge is 0.308 e. The Kier molecular flexibility index (Phi) is 4.84. The molecule has 3 nitrogen and oxygen atoms in total. The zero-order valence-corrected chi connectivity index (χ0v) is 14.5. The monoisotopic (exact) mass is 353 g/mol. The number of nitrogens with one attached hydrogen (secondary N) is 1. The SMILES string of the molecule is Cn1cc(CNCc2cc(F)ccc2Br)c(C(C)(C)C)n1. The Morgan fingerprint density at radius 3 is 2.57 bits per heavy atom. The predicted molar refractivity (Wildman–Crippen MR) is 86.6 cm³/mol. The second-order valence-corrected chi connectivity index (χ2v) is 7.12. The Labute approximate surface area is 133 Å². The van der Waals surface area contributed by atoms with Crippen molar-refractivity contribution in [2.75, 3.05) is 0 Å². The first-order chi connectivity index (χ1) is 9.77. The maximum absolute atomic E-state index is 13.3. The van der Waals surface area contributed by atoms with Gasteiger partial charge in [-0.3, -0.25) is 4.68 Å². The van der Waals surface area contributed by atoms with Gasteiger partial charge in [-0.05, 0) is 23.8 Å². The van der Waals surface area contributed by atoms with E-state index in [1.807, 2.05) is 17.9 Å².